The minimum absolute atomic E-state index is 0.00191. The van der Waals surface area contributed by atoms with Crippen molar-refractivity contribution in [3.05, 3.63) is 96.7 Å². The summed E-state index contributed by atoms with van der Waals surface area (Å²) in [6.07, 6.45) is 6.89. The normalized spacial score (nSPS) is 17.9. The van der Waals surface area contributed by atoms with Gasteiger partial charge in [-0.25, -0.2) is 0 Å². The predicted molar refractivity (Wildman–Crippen MR) is 129 cm³/mol. The fraction of sp³-hybridized carbons (Fsp3) is 0.250. The van der Waals surface area contributed by atoms with E-state index >= 15 is 0 Å². The van der Waals surface area contributed by atoms with Crippen LogP contribution in [-0.2, 0) is 4.74 Å². The molecule has 34 heavy (non-hydrogen) atoms. The van der Waals surface area contributed by atoms with Crippen molar-refractivity contribution < 1.29 is 14.6 Å². The summed E-state index contributed by atoms with van der Waals surface area (Å²) in [6, 6.07) is 12.7. The van der Waals surface area contributed by atoms with Gasteiger partial charge in [0.05, 0.1) is 35.5 Å². The second-order valence-corrected chi connectivity index (χ2v) is 7.83. The fourth-order valence-corrected chi connectivity index (χ4v) is 3.99. The van der Waals surface area contributed by atoms with E-state index in [0.717, 1.165) is 48.3 Å². The molecule has 1 aliphatic carbocycles. The highest BCUT2D eigenvalue weighted by molar-refractivity contribution is 5.85. The van der Waals surface area contributed by atoms with Crippen LogP contribution in [0, 0.1) is 20.2 Å². The number of nitro benzene ring substituents is 2. The summed E-state index contributed by atoms with van der Waals surface area (Å²) < 4.78 is 5.50. The number of rotatable bonds is 7. The maximum absolute atomic E-state index is 10.9. The summed E-state index contributed by atoms with van der Waals surface area (Å²) >= 11 is 0. The van der Waals surface area contributed by atoms with Gasteiger partial charge in [0.15, 0.2) is 0 Å². The first-order valence-corrected chi connectivity index (χ1v) is 10.8. The lowest BCUT2D eigenvalue weighted by Gasteiger charge is -2.31. The van der Waals surface area contributed by atoms with E-state index in [0.29, 0.717) is 18.8 Å². The third-order valence-electron chi connectivity index (χ3n) is 5.61. The number of hydrogen-bond acceptors (Lipinski definition) is 8. The molecule has 0 bridgehead atoms. The minimum Gasteiger partial charge on any atom is -0.378 e. The largest absolute Gasteiger partial charge is 0.378 e. The van der Waals surface area contributed by atoms with Gasteiger partial charge < -0.3 is 9.64 Å². The molecule has 1 fully saturated rings. The first kappa shape index (κ1) is 23.0. The van der Waals surface area contributed by atoms with E-state index < -0.39 is 9.85 Å². The Hall–Kier alpha value is -4.18. The average molecular weight is 461 g/mol. The molecule has 0 atom stereocenters. The van der Waals surface area contributed by atoms with Crippen molar-refractivity contribution >= 4 is 29.9 Å². The van der Waals surface area contributed by atoms with Crippen LogP contribution in [0.15, 0.2) is 75.6 Å². The van der Waals surface area contributed by atoms with E-state index in [-0.39, 0.29) is 11.4 Å². The van der Waals surface area contributed by atoms with Crippen molar-refractivity contribution in [2.45, 2.75) is 12.8 Å². The van der Waals surface area contributed by atoms with Crippen molar-refractivity contribution in [2.75, 3.05) is 26.3 Å². The summed E-state index contributed by atoms with van der Waals surface area (Å²) in [4.78, 5) is 23.3. The highest BCUT2D eigenvalue weighted by atomic mass is 16.6. The molecular weight excluding hydrogens is 438 g/mol. The predicted octanol–water partition coefficient (Wildman–Crippen LogP) is 4.37. The zero-order valence-electron chi connectivity index (χ0n) is 18.4. The highest BCUT2D eigenvalue weighted by Crippen LogP contribution is 2.35. The third kappa shape index (κ3) is 5.59. The summed E-state index contributed by atoms with van der Waals surface area (Å²) in [5, 5.41) is 30.1. The number of nitro groups is 2. The second-order valence-electron chi connectivity index (χ2n) is 7.83. The Balaban J connectivity index is 1.58. The molecule has 4 rings (SSSR count). The average Bonchev–Trinajstić information content (AvgIpc) is 3.25. The number of non-ortho nitro benzene ring substituents is 2. The second kappa shape index (κ2) is 10.6. The zero-order valence-corrected chi connectivity index (χ0v) is 18.4. The highest BCUT2D eigenvalue weighted by Gasteiger charge is 2.25. The molecule has 0 saturated carbocycles. The Kier molecular flexibility index (Phi) is 7.19. The van der Waals surface area contributed by atoms with E-state index in [9.17, 15) is 20.2 Å². The van der Waals surface area contributed by atoms with Crippen molar-refractivity contribution in [3.8, 4) is 0 Å². The first-order valence-electron chi connectivity index (χ1n) is 10.8. The molecule has 174 valence electrons. The summed E-state index contributed by atoms with van der Waals surface area (Å²) in [5.74, 6) is 0. The quantitative estimate of drug-likeness (QED) is 0.343. The Morgan fingerprint density at radius 3 is 2.26 bits per heavy atom. The Morgan fingerprint density at radius 2 is 1.56 bits per heavy atom. The summed E-state index contributed by atoms with van der Waals surface area (Å²) in [7, 11) is 0. The van der Waals surface area contributed by atoms with Gasteiger partial charge in [-0.15, -0.1) is 0 Å². The Bertz CT molecular complexity index is 1190. The molecule has 2 aliphatic rings. The van der Waals surface area contributed by atoms with Crippen LogP contribution in [0.1, 0.15) is 24.0 Å². The monoisotopic (exact) mass is 461 g/mol. The van der Waals surface area contributed by atoms with Crippen LogP contribution in [0.25, 0.3) is 6.08 Å². The van der Waals surface area contributed by atoms with Gasteiger partial charge in [0.1, 0.15) is 0 Å². The van der Waals surface area contributed by atoms with Gasteiger partial charge >= 0.3 is 0 Å². The molecular formula is C24H23N5O5. The SMILES string of the molecule is O=[N+]([O-])c1ccc(/C=C2\CCC(/C=N/N=C/c3cccc([N+](=O)[O-])c3)=C2N2CCOCC2)cc1. The van der Waals surface area contributed by atoms with E-state index in [1.807, 2.05) is 0 Å². The van der Waals surface area contributed by atoms with Crippen molar-refractivity contribution in [1.29, 1.82) is 0 Å². The Labute approximate surface area is 195 Å². The van der Waals surface area contributed by atoms with E-state index in [1.165, 1.54) is 30.5 Å². The molecule has 10 nitrogen and oxygen atoms in total. The van der Waals surface area contributed by atoms with Crippen LogP contribution in [-0.4, -0.2) is 53.5 Å². The van der Waals surface area contributed by atoms with Crippen LogP contribution < -0.4 is 0 Å². The van der Waals surface area contributed by atoms with Crippen molar-refractivity contribution in [3.63, 3.8) is 0 Å². The maximum Gasteiger partial charge on any atom is 0.270 e. The van der Waals surface area contributed by atoms with Gasteiger partial charge in [0.2, 0.25) is 0 Å². The molecule has 0 radical (unpaired) electrons. The molecule has 0 aromatic heterocycles. The van der Waals surface area contributed by atoms with Gasteiger partial charge in [-0.1, -0.05) is 12.1 Å². The van der Waals surface area contributed by atoms with Crippen LogP contribution in [0.5, 0.6) is 0 Å². The number of ether oxygens (including phenoxy) is 1. The van der Waals surface area contributed by atoms with Gasteiger partial charge in [0.25, 0.3) is 11.4 Å². The Morgan fingerprint density at radius 1 is 0.853 bits per heavy atom. The number of morpholine rings is 1. The van der Waals surface area contributed by atoms with Gasteiger partial charge in [-0.05, 0) is 47.8 Å². The molecule has 0 N–H and O–H groups in total. The molecule has 1 aliphatic heterocycles. The smallest absolute Gasteiger partial charge is 0.270 e. The van der Waals surface area contributed by atoms with Crippen LogP contribution in [0.2, 0.25) is 0 Å². The lowest BCUT2D eigenvalue weighted by molar-refractivity contribution is -0.385. The van der Waals surface area contributed by atoms with Gasteiger partial charge in [0, 0.05) is 48.6 Å². The van der Waals surface area contributed by atoms with Crippen molar-refractivity contribution in [2.24, 2.45) is 10.2 Å². The third-order valence-corrected chi connectivity index (χ3v) is 5.61. The number of nitrogens with zero attached hydrogens (tertiary/aromatic N) is 5. The van der Waals surface area contributed by atoms with E-state index in [4.69, 9.17) is 4.74 Å². The summed E-state index contributed by atoms with van der Waals surface area (Å²) in [6.45, 7) is 2.82. The first-order chi connectivity index (χ1) is 16.5. The molecule has 1 saturated heterocycles. The lowest BCUT2D eigenvalue weighted by atomic mass is 10.1. The number of hydrogen-bond donors (Lipinski definition) is 0. The topological polar surface area (TPSA) is 123 Å². The molecule has 2 aromatic carbocycles. The number of allylic oxidation sites excluding steroid dienone is 2. The van der Waals surface area contributed by atoms with Crippen LogP contribution >= 0.6 is 0 Å². The molecule has 1 heterocycles. The zero-order chi connectivity index (χ0) is 23.9. The summed E-state index contributed by atoms with van der Waals surface area (Å²) in [5.41, 5.74) is 4.84. The number of benzene rings is 2. The fourth-order valence-electron chi connectivity index (χ4n) is 3.99. The molecule has 0 amide bonds. The maximum atomic E-state index is 10.9. The molecule has 0 unspecified atom stereocenters. The van der Waals surface area contributed by atoms with Crippen LogP contribution in [0.4, 0.5) is 11.4 Å². The van der Waals surface area contributed by atoms with Gasteiger partial charge in [-0.2, -0.15) is 10.2 Å². The standard InChI is InChI=1S/C24H23N5O5/c30-28(31)22-8-4-18(5-9-22)14-20-6-7-21(24(20)27-10-12-34-13-11-27)17-26-25-16-19-2-1-3-23(15-19)29(32)33/h1-5,8-9,14-17H,6-7,10-13H2/b20-14+,25-16+,26-17+. The van der Waals surface area contributed by atoms with Crippen molar-refractivity contribution in [1.82, 2.24) is 4.90 Å². The van der Waals surface area contributed by atoms with Gasteiger partial charge in [-0.3, -0.25) is 20.2 Å². The molecule has 10 heteroatoms. The minimum atomic E-state index is -0.447. The van der Waals surface area contributed by atoms with E-state index in [2.05, 4.69) is 21.2 Å². The lowest BCUT2D eigenvalue weighted by Crippen LogP contribution is -2.36. The molecule has 0 spiro atoms. The van der Waals surface area contributed by atoms with E-state index in [1.54, 1.807) is 30.5 Å². The molecule has 2 aromatic rings. The van der Waals surface area contributed by atoms with Crippen LogP contribution in [0.3, 0.4) is 0 Å².